The SMILES string of the molecule is CN(C)C(c1cccs1)C1CCC(CCN)CC1. The Balaban J connectivity index is 1.97. The Morgan fingerprint density at radius 2 is 2.06 bits per heavy atom. The van der Waals surface area contributed by atoms with Crippen LogP contribution in [0.5, 0.6) is 0 Å². The monoisotopic (exact) mass is 266 g/mol. The van der Waals surface area contributed by atoms with E-state index in [1.165, 1.54) is 37.0 Å². The molecule has 3 heteroatoms. The second-order valence-electron chi connectivity index (χ2n) is 5.78. The first kappa shape index (κ1) is 14.0. The minimum absolute atomic E-state index is 0.615. The second kappa shape index (κ2) is 6.69. The lowest BCUT2D eigenvalue weighted by Gasteiger charge is -2.36. The molecule has 0 aliphatic heterocycles. The Morgan fingerprint density at radius 3 is 2.56 bits per heavy atom. The first-order valence-electron chi connectivity index (χ1n) is 7.12. The van der Waals surface area contributed by atoms with Gasteiger partial charge in [0.2, 0.25) is 0 Å². The summed E-state index contributed by atoms with van der Waals surface area (Å²) in [5, 5.41) is 2.20. The third-order valence-corrected chi connectivity index (χ3v) is 5.25. The van der Waals surface area contributed by atoms with E-state index < -0.39 is 0 Å². The average Bonchev–Trinajstić information content (AvgIpc) is 2.85. The maximum Gasteiger partial charge on any atom is 0.0463 e. The summed E-state index contributed by atoms with van der Waals surface area (Å²) in [5.41, 5.74) is 5.67. The van der Waals surface area contributed by atoms with Crippen LogP contribution in [0, 0.1) is 11.8 Å². The van der Waals surface area contributed by atoms with E-state index in [-0.39, 0.29) is 0 Å². The minimum Gasteiger partial charge on any atom is -0.330 e. The predicted octanol–water partition coefficient (Wildman–Crippen LogP) is 3.51. The lowest BCUT2D eigenvalue weighted by molar-refractivity contribution is 0.149. The highest BCUT2D eigenvalue weighted by Gasteiger charge is 2.30. The van der Waals surface area contributed by atoms with Gasteiger partial charge in [0.05, 0.1) is 0 Å². The maximum atomic E-state index is 5.67. The quantitative estimate of drug-likeness (QED) is 0.883. The van der Waals surface area contributed by atoms with Crippen molar-refractivity contribution in [3.63, 3.8) is 0 Å². The predicted molar refractivity (Wildman–Crippen MR) is 79.9 cm³/mol. The summed E-state index contributed by atoms with van der Waals surface area (Å²) in [6, 6.07) is 5.08. The smallest absolute Gasteiger partial charge is 0.0463 e. The fourth-order valence-corrected chi connectivity index (χ4v) is 4.41. The lowest BCUT2D eigenvalue weighted by atomic mass is 9.76. The number of nitrogens with zero attached hydrogens (tertiary/aromatic N) is 1. The molecule has 0 aromatic carbocycles. The van der Waals surface area contributed by atoms with Crippen LogP contribution in [0.2, 0.25) is 0 Å². The molecule has 102 valence electrons. The summed E-state index contributed by atoms with van der Waals surface area (Å²) in [5.74, 6) is 1.71. The first-order valence-corrected chi connectivity index (χ1v) is 8.00. The lowest BCUT2D eigenvalue weighted by Crippen LogP contribution is -2.30. The fourth-order valence-electron chi connectivity index (χ4n) is 3.40. The molecule has 0 radical (unpaired) electrons. The number of hydrogen-bond acceptors (Lipinski definition) is 3. The van der Waals surface area contributed by atoms with E-state index in [9.17, 15) is 0 Å². The van der Waals surface area contributed by atoms with Gasteiger partial charge in [0, 0.05) is 10.9 Å². The number of hydrogen-bond donors (Lipinski definition) is 1. The topological polar surface area (TPSA) is 29.3 Å². The Labute approximate surface area is 115 Å². The van der Waals surface area contributed by atoms with E-state index >= 15 is 0 Å². The molecular weight excluding hydrogens is 240 g/mol. The molecule has 1 unspecified atom stereocenters. The molecule has 0 bridgehead atoms. The van der Waals surface area contributed by atoms with Gasteiger partial charge in [-0.15, -0.1) is 11.3 Å². The minimum atomic E-state index is 0.615. The van der Waals surface area contributed by atoms with Crippen molar-refractivity contribution < 1.29 is 0 Å². The van der Waals surface area contributed by atoms with Gasteiger partial charge in [0.15, 0.2) is 0 Å². The third-order valence-electron chi connectivity index (χ3n) is 4.30. The van der Waals surface area contributed by atoms with Crippen molar-refractivity contribution in [3.8, 4) is 0 Å². The van der Waals surface area contributed by atoms with Gasteiger partial charge in [0.25, 0.3) is 0 Å². The summed E-state index contributed by atoms with van der Waals surface area (Å²) >= 11 is 1.90. The van der Waals surface area contributed by atoms with Gasteiger partial charge < -0.3 is 10.6 Å². The molecule has 1 fully saturated rings. The van der Waals surface area contributed by atoms with E-state index in [4.69, 9.17) is 5.73 Å². The molecule has 2 nitrogen and oxygen atoms in total. The van der Waals surface area contributed by atoms with Crippen LogP contribution < -0.4 is 5.73 Å². The normalized spacial score (nSPS) is 26.4. The number of nitrogens with two attached hydrogens (primary N) is 1. The Morgan fingerprint density at radius 1 is 1.33 bits per heavy atom. The van der Waals surface area contributed by atoms with Crippen LogP contribution in [-0.4, -0.2) is 25.5 Å². The molecule has 1 aliphatic rings. The Kier molecular flexibility index (Phi) is 5.22. The summed E-state index contributed by atoms with van der Waals surface area (Å²) in [6.07, 6.45) is 6.70. The van der Waals surface area contributed by atoms with Gasteiger partial charge in [-0.2, -0.15) is 0 Å². The van der Waals surface area contributed by atoms with Crippen LogP contribution >= 0.6 is 11.3 Å². The molecule has 18 heavy (non-hydrogen) atoms. The van der Waals surface area contributed by atoms with E-state index in [0.717, 1.165) is 18.4 Å². The highest BCUT2D eigenvalue weighted by atomic mass is 32.1. The van der Waals surface area contributed by atoms with E-state index in [0.29, 0.717) is 6.04 Å². The van der Waals surface area contributed by atoms with Crippen molar-refractivity contribution in [1.29, 1.82) is 0 Å². The molecule has 1 aliphatic carbocycles. The van der Waals surface area contributed by atoms with Crippen LogP contribution in [-0.2, 0) is 0 Å². The molecule has 1 aromatic heterocycles. The standard InChI is InChI=1S/C15H26N2S/c1-17(2)15(14-4-3-11-18-14)13-7-5-12(6-8-13)9-10-16/h3-4,11-13,15H,5-10,16H2,1-2H3. The van der Waals surface area contributed by atoms with Crippen LogP contribution in [0.4, 0.5) is 0 Å². The Bertz CT molecular complexity index is 326. The first-order chi connectivity index (χ1) is 8.72. The average molecular weight is 266 g/mol. The zero-order valence-corrected chi connectivity index (χ0v) is 12.5. The van der Waals surface area contributed by atoms with Crippen LogP contribution in [0.3, 0.4) is 0 Å². The highest BCUT2D eigenvalue weighted by molar-refractivity contribution is 7.10. The van der Waals surface area contributed by atoms with Crippen LogP contribution in [0.25, 0.3) is 0 Å². The van der Waals surface area contributed by atoms with Crippen molar-refractivity contribution in [1.82, 2.24) is 4.90 Å². The summed E-state index contributed by atoms with van der Waals surface area (Å²) in [7, 11) is 4.44. The zero-order chi connectivity index (χ0) is 13.0. The Hall–Kier alpha value is -0.380. The van der Waals surface area contributed by atoms with Gasteiger partial charge in [-0.3, -0.25) is 0 Å². The van der Waals surface area contributed by atoms with Gasteiger partial charge in [-0.1, -0.05) is 18.9 Å². The van der Waals surface area contributed by atoms with E-state index in [1.807, 2.05) is 11.3 Å². The molecule has 0 spiro atoms. The number of thiophene rings is 1. The van der Waals surface area contributed by atoms with Crippen LogP contribution in [0.15, 0.2) is 17.5 Å². The van der Waals surface area contributed by atoms with Gasteiger partial charge in [-0.05, 0) is 63.2 Å². The highest BCUT2D eigenvalue weighted by Crippen LogP contribution is 2.41. The van der Waals surface area contributed by atoms with E-state index in [1.54, 1.807) is 0 Å². The van der Waals surface area contributed by atoms with Crippen molar-refractivity contribution in [3.05, 3.63) is 22.4 Å². The van der Waals surface area contributed by atoms with Crippen molar-refractivity contribution in [2.75, 3.05) is 20.6 Å². The summed E-state index contributed by atoms with van der Waals surface area (Å²) in [6.45, 7) is 0.858. The van der Waals surface area contributed by atoms with E-state index in [2.05, 4.69) is 36.5 Å². The second-order valence-corrected chi connectivity index (χ2v) is 6.76. The van der Waals surface area contributed by atoms with Gasteiger partial charge in [0.1, 0.15) is 0 Å². The van der Waals surface area contributed by atoms with Gasteiger partial charge >= 0.3 is 0 Å². The molecule has 0 amide bonds. The molecule has 1 aromatic rings. The molecule has 0 saturated heterocycles. The fraction of sp³-hybridized carbons (Fsp3) is 0.733. The van der Waals surface area contributed by atoms with Gasteiger partial charge in [-0.25, -0.2) is 0 Å². The van der Waals surface area contributed by atoms with Crippen molar-refractivity contribution >= 4 is 11.3 Å². The molecule has 2 N–H and O–H groups in total. The molecule has 1 heterocycles. The van der Waals surface area contributed by atoms with Crippen molar-refractivity contribution in [2.45, 2.75) is 38.1 Å². The summed E-state index contributed by atoms with van der Waals surface area (Å²) < 4.78 is 0. The van der Waals surface area contributed by atoms with Crippen molar-refractivity contribution in [2.24, 2.45) is 17.6 Å². The molecule has 1 saturated carbocycles. The number of rotatable bonds is 5. The summed E-state index contributed by atoms with van der Waals surface area (Å²) in [4.78, 5) is 3.93. The molecular formula is C15H26N2S. The third kappa shape index (κ3) is 3.34. The molecule has 2 rings (SSSR count). The largest absolute Gasteiger partial charge is 0.330 e. The zero-order valence-electron chi connectivity index (χ0n) is 11.6. The maximum absolute atomic E-state index is 5.67. The molecule has 1 atom stereocenters. The van der Waals surface area contributed by atoms with Crippen LogP contribution in [0.1, 0.15) is 43.0 Å².